The van der Waals surface area contributed by atoms with Crippen molar-refractivity contribution in [3.05, 3.63) is 46.5 Å². The van der Waals surface area contributed by atoms with Crippen LogP contribution in [0.15, 0.2) is 24.5 Å². The first kappa shape index (κ1) is 30.5. The fourth-order valence-electron chi connectivity index (χ4n) is 7.41. The van der Waals surface area contributed by atoms with Crippen LogP contribution in [0.3, 0.4) is 0 Å². The van der Waals surface area contributed by atoms with Gasteiger partial charge in [0.15, 0.2) is 11.5 Å². The Morgan fingerprint density at radius 2 is 1.89 bits per heavy atom. The molecule has 0 N–H and O–H groups in total. The molecule has 3 aromatic heterocycles. The molecule has 15 heteroatoms. The van der Waals surface area contributed by atoms with Crippen LogP contribution in [0, 0.1) is 12.8 Å². The van der Waals surface area contributed by atoms with Gasteiger partial charge in [-0.15, -0.1) is 10.2 Å². The minimum absolute atomic E-state index is 0.0845. The topological polar surface area (TPSA) is 76.6 Å². The van der Waals surface area contributed by atoms with E-state index in [1.54, 1.807) is 6.33 Å². The van der Waals surface area contributed by atoms with Crippen LogP contribution in [0.4, 0.5) is 27.8 Å². The van der Waals surface area contributed by atoms with Crippen LogP contribution in [0.5, 0.6) is 0 Å². The lowest BCUT2D eigenvalue weighted by atomic mass is 9.73. The highest BCUT2D eigenvalue weighted by atomic mass is 35.5. The summed E-state index contributed by atoms with van der Waals surface area (Å²) in [6.45, 7) is 8.31. The molecule has 3 aliphatic rings. The standard InChI is InChI=1S/C30H34ClF5N8O/c1-16-13-42(26-24-27(44-15-37-40-28(44)39-26)43(18(3)38-24)14-21-5-4-8-45-21)17(2)12-41(16)25(20-10-29(32,33)11-20)19-6-7-22(23(31)9-19)30(34,35)36/h6-7,9,15-17,20-21,25H,4-5,8,10-14H2,1-3H3/t16-,17+,21+,25?/m1/s1. The van der Waals surface area contributed by atoms with Gasteiger partial charge in [0.25, 0.3) is 5.78 Å². The Hall–Kier alpha value is -3.10. The van der Waals surface area contributed by atoms with Crippen molar-refractivity contribution in [2.45, 2.75) is 89.3 Å². The lowest BCUT2D eigenvalue weighted by Gasteiger charge is -2.52. The normalized spacial score (nSPS) is 25.4. The van der Waals surface area contributed by atoms with Crippen molar-refractivity contribution in [2.24, 2.45) is 5.92 Å². The van der Waals surface area contributed by atoms with Crippen molar-refractivity contribution < 1.29 is 26.7 Å². The first-order chi connectivity index (χ1) is 21.3. The number of nitrogens with zero attached hydrogens (tertiary/aromatic N) is 8. The van der Waals surface area contributed by atoms with E-state index in [4.69, 9.17) is 26.3 Å². The third kappa shape index (κ3) is 5.42. The van der Waals surface area contributed by atoms with Gasteiger partial charge in [-0.1, -0.05) is 17.7 Å². The first-order valence-electron chi connectivity index (χ1n) is 15.3. The molecule has 2 aliphatic heterocycles. The molecule has 1 aliphatic carbocycles. The van der Waals surface area contributed by atoms with Gasteiger partial charge in [0, 0.05) is 50.7 Å². The number of hydrogen-bond acceptors (Lipinski definition) is 7. The number of ether oxygens (including phenoxy) is 1. The van der Waals surface area contributed by atoms with Crippen molar-refractivity contribution >= 4 is 34.4 Å². The van der Waals surface area contributed by atoms with Crippen LogP contribution < -0.4 is 4.90 Å². The lowest BCUT2D eigenvalue weighted by molar-refractivity contribution is -0.137. The average Bonchev–Trinajstić information content (AvgIpc) is 3.70. The predicted molar refractivity (Wildman–Crippen MR) is 158 cm³/mol. The predicted octanol–water partition coefficient (Wildman–Crippen LogP) is 6.32. The summed E-state index contributed by atoms with van der Waals surface area (Å²) in [5, 5.41) is 7.92. The van der Waals surface area contributed by atoms with Gasteiger partial charge < -0.3 is 14.2 Å². The molecule has 242 valence electrons. The van der Waals surface area contributed by atoms with Crippen LogP contribution in [0.1, 0.15) is 62.5 Å². The van der Waals surface area contributed by atoms with E-state index in [1.807, 2.05) is 25.2 Å². The minimum atomic E-state index is -4.61. The number of aryl methyl sites for hydroxylation is 1. The molecular weight excluding hydrogens is 619 g/mol. The summed E-state index contributed by atoms with van der Waals surface area (Å²) in [5.74, 6) is -1.32. The minimum Gasteiger partial charge on any atom is -0.376 e. The molecule has 9 nitrogen and oxygen atoms in total. The van der Waals surface area contributed by atoms with E-state index < -0.39 is 34.6 Å². The number of halogens is 6. The second kappa shape index (κ2) is 11.0. The first-order valence-corrected chi connectivity index (χ1v) is 15.6. The quantitative estimate of drug-likeness (QED) is 0.226. The van der Waals surface area contributed by atoms with E-state index in [0.29, 0.717) is 42.3 Å². The zero-order valence-electron chi connectivity index (χ0n) is 25.1. The highest BCUT2D eigenvalue weighted by Gasteiger charge is 2.52. The summed E-state index contributed by atoms with van der Waals surface area (Å²) in [6, 6.07) is 2.80. The Bertz CT molecular complexity index is 1730. The van der Waals surface area contributed by atoms with Gasteiger partial charge in [-0.3, -0.25) is 4.90 Å². The number of rotatable bonds is 6. The number of piperazine rings is 1. The number of aromatic nitrogens is 6. The second-order valence-electron chi connectivity index (χ2n) is 12.8. The Morgan fingerprint density at radius 1 is 1.11 bits per heavy atom. The lowest BCUT2D eigenvalue weighted by Crippen LogP contribution is -2.59. The van der Waals surface area contributed by atoms with E-state index in [1.165, 1.54) is 12.1 Å². The van der Waals surface area contributed by atoms with Gasteiger partial charge in [-0.05, 0) is 57.2 Å². The van der Waals surface area contributed by atoms with Crippen molar-refractivity contribution in [1.29, 1.82) is 0 Å². The summed E-state index contributed by atoms with van der Waals surface area (Å²) in [4.78, 5) is 14.1. The van der Waals surface area contributed by atoms with E-state index in [2.05, 4.69) is 24.6 Å². The van der Waals surface area contributed by atoms with E-state index >= 15 is 0 Å². The van der Waals surface area contributed by atoms with Crippen LogP contribution in [0.25, 0.3) is 16.9 Å². The molecule has 0 spiro atoms. The Kier molecular flexibility index (Phi) is 7.47. The van der Waals surface area contributed by atoms with Crippen molar-refractivity contribution in [3.63, 3.8) is 0 Å². The highest BCUT2D eigenvalue weighted by molar-refractivity contribution is 6.31. The summed E-state index contributed by atoms with van der Waals surface area (Å²) >= 11 is 6.12. The van der Waals surface area contributed by atoms with Crippen LogP contribution in [0.2, 0.25) is 5.02 Å². The Balaban J connectivity index is 1.23. The molecular formula is C30H34ClF5N8O. The summed E-state index contributed by atoms with van der Waals surface area (Å²) in [7, 11) is 0. The van der Waals surface area contributed by atoms with E-state index in [0.717, 1.165) is 37.0 Å². The molecule has 7 rings (SSSR count). The van der Waals surface area contributed by atoms with Crippen LogP contribution >= 0.6 is 11.6 Å². The molecule has 0 radical (unpaired) electrons. The SMILES string of the molecule is Cc1nc2c(N3C[C@@H](C)N(C(c4ccc(C(F)(F)F)c(Cl)c4)C4CC(F)(F)C4)C[C@@H]3C)nc3nncn3c2n1C[C@@H]1CCCO1. The summed E-state index contributed by atoms with van der Waals surface area (Å²) in [6.07, 6.45) is -1.57. The monoisotopic (exact) mass is 652 g/mol. The van der Waals surface area contributed by atoms with Gasteiger partial charge in [-0.25, -0.2) is 18.2 Å². The number of benzene rings is 1. The van der Waals surface area contributed by atoms with Crippen LogP contribution in [-0.4, -0.2) is 77.8 Å². The largest absolute Gasteiger partial charge is 0.417 e. The van der Waals surface area contributed by atoms with Gasteiger partial charge in [0.05, 0.1) is 23.2 Å². The van der Waals surface area contributed by atoms with Gasteiger partial charge in [-0.2, -0.15) is 18.2 Å². The maximum absolute atomic E-state index is 14.2. The Labute approximate surface area is 261 Å². The number of anilines is 1. The smallest absolute Gasteiger partial charge is 0.376 e. The summed E-state index contributed by atoms with van der Waals surface area (Å²) < 4.78 is 78.6. The molecule has 4 aromatic rings. The molecule has 45 heavy (non-hydrogen) atoms. The van der Waals surface area contributed by atoms with Crippen molar-refractivity contribution in [3.8, 4) is 0 Å². The fraction of sp³-hybridized carbons (Fsp3) is 0.600. The molecule has 0 amide bonds. The second-order valence-corrected chi connectivity index (χ2v) is 13.2. The molecule has 1 saturated carbocycles. The molecule has 1 aromatic carbocycles. The van der Waals surface area contributed by atoms with E-state index in [-0.39, 0.29) is 31.0 Å². The zero-order valence-corrected chi connectivity index (χ0v) is 25.9. The average molecular weight is 653 g/mol. The molecule has 3 fully saturated rings. The molecule has 1 unspecified atom stereocenters. The van der Waals surface area contributed by atoms with E-state index in [9.17, 15) is 22.0 Å². The van der Waals surface area contributed by atoms with Crippen LogP contribution in [-0.2, 0) is 17.5 Å². The highest BCUT2D eigenvalue weighted by Crippen LogP contribution is 2.52. The molecule has 4 atom stereocenters. The maximum Gasteiger partial charge on any atom is 0.417 e. The molecule has 0 bridgehead atoms. The fourth-order valence-corrected chi connectivity index (χ4v) is 7.70. The van der Waals surface area contributed by atoms with Crippen molar-refractivity contribution in [2.75, 3.05) is 24.6 Å². The third-order valence-corrected chi connectivity index (χ3v) is 9.90. The van der Waals surface area contributed by atoms with Gasteiger partial charge in [0.1, 0.15) is 17.7 Å². The summed E-state index contributed by atoms with van der Waals surface area (Å²) in [5.41, 5.74) is 1.10. The number of fused-ring (bicyclic) bond motifs is 3. The number of imidazole rings is 1. The van der Waals surface area contributed by atoms with Crippen molar-refractivity contribution in [1.82, 2.24) is 34.0 Å². The van der Waals surface area contributed by atoms with Gasteiger partial charge in [0.2, 0.25) is 5.92 Å². The number of alkyl halides is 5. The zero-order chi connectivity index (χ0) is 31.8. The molecule has 5 heterocycles. The third-order valence-electron chi connectivity index (χ3n) is 9.59. The van der Waals surface area contributed by atoms with Gasteiger partial charge >= 0.3 is 6.18 Å². The number of hydrogen-bond donors (Lipinski definition) is 0. The molecule has 2 saturated heterocycles. The maximum atomic E-state index is 14.2. The Morgan fingerprint density at radius 3 is 2.56 bits per heavy atom.